The first kappa shape index (κ1) is 24.2. The molecule has 0 bridgehead atoms. The normalized spacial score (nSPS) is 16.1. The third-order valence-electron chi connectivity index (χ3n) is 6.17. The highest BCUT2D eigenvalue weighted by Crippen LogP contribution is 2.33. The van der Waals surface area contributed by atoms with Crippen LogP contribution in [0, 0.1) is 5.21 Å². The summed E-state index contributed by atoms with van der Waals surface area (Å²) in [5, 5.41) is 16.3. The zero-order valence-corrected chi connectivity index (χ0v) is 20.6. The highest BCUT2D eigenvalue weighted by Gasteiger charge is 2.27. The summed E-state index contributed by atoms with van der Waals surface area (Å²) in [6, 6.07) is 12.4. The van der Waals surface area contributed by atoms with Crippen LogP contribution < -0.4 is 15.7 Å². The second-order valence-electron chi connectivity index (χ2n) is 8.54. The second kappa shape index (κ2) is 9.48. The molecule has 1 atom stereocenters. The van der Waals surface area contributed by atoms with Crippen LogP contribution in [0.4, 0.5) is 17.2 Å². The molecule has 12 heteroatoms. The lowest BCUT2D eigenvalue weighted by molar-refractivity contribution is 0.0615. The number of nitrogens with two attached hydrogens (primary N) is 1. The predicted molar refractivity (Wildman–Crippen MR) is 138 cm³/mol. The van der Waals surface area contributed by atoms with Crippen LogP contribution in [-0.4, -0.2) is 62.5 Å². The van der Waals surface area contributed by atoms with Crippen LogP contribution in [0.3, 0.4) is 0 Å². The van der Waals surface area contributed by atoms with E-state index in [2.05, 4.69) is 20.3 Å². The number of para-hydroxylation sites is 1. The minimum atomic E-state index is -1.54. The van der Waals surface area contributed by atoms with Crippen molar-refractivity contribution in [3.63, 3.8) is 0 Å². The number of hydrogen-bond acceptors (Lipinski definition) is 8. The molecular formula is C24H25N7O4S. The molecule has 186 valence electrons. The molecule has 1 fully saturated rings. The third-order valence-corrected chi connectivity index (χ3v) is 7.00. The molecule has 1 saturated heterocycles. The Morgan fingerprint density at radius 3 is 2.56 bits per heavy atom. The topological polar surface area (TPSA) is 154 Å². The number of aryl methyl sites for hydroxylation is 1. The van der Waals surface area contributed by atoms with Gasteiger partial charge in [0.05, 0.1) is 30.6 Å². The van der Waals surface area contributed by atoms with Crippen LogP contribution in [0.25, 0.3) is 22.3 Å². The smallest absolute Gasteiger partial charge is 0.272 e. The van der Waals surface area contributed by atoms with Gasteiger partial charge in [0.2, 0.25) is 0 Å². The fraction of sp³-hybridized carbons (Fsp3) is 0.250. The van der Waals surface area contributed by atoms with E-state index in [9.17, 15) is 14.6 Å². The molecule has 11 nitrogen and oxygen atoms in total. The number of imidazole rings is 1. The number of hydroxylamine groups is 2. The lowest BCUT2D eigenvalue weighted by atomic mass is 10.1. The Bertz CT molecular complexity index is 1430. The van der Waals surface area contributed by atoms with E-state index in [1.54, 1.807) is 36.7 Å². The van der Waals surface area contributed by atoms with Crippen molar-refractivity contribution in [1.29, 1.82) is 0 Å². The summed E-state index contributed by atoms with van der Waals surface area (Å²) in [4.78, 5) is 25.8. The quantitative estimate of drug-likeness (QED) is 0.229. The molecule has 0 spiro atoms. The molecule has 36 heavy (non-hydrogen) atoms. The Kier molecular flexibility index (Phi) is 6.36. The van der Waals surface area contributed by atoms with Crippen LogP contribution >= 0.6 is 0 Å². The number of benzene rings is 2. The van der Waals surface area contributed by atoms with Gasteiger partial charge in [-0.2, -0.15) is 4.98 Å². The fourth-order valence-corrected chi connectivity index (χ4v) is 4.90. The summed E-state index contributed by atoms with van der Waals surface area (Å²) in [6.45, 7) is 1.52. The monoisotopic (exact) mass is 507 g/mol. The van der Waals surface area contributed by atoms with Crippen molar-refractivity contribution in [1.82, 2.24) is 24.2 Å². The summed E-state index contributed by atoms with van der Waals surface area (Å²) in [5.74, 6) is -0.711. The van der Waals surface area contributed by atoms with Crippen LogP contribution in [0.1, 0.15) is 10.5 Å². The van der Waals surface area contributed by atoms with Crippen molar-refractivity contribution in [2.45, 2.75) is 5.03 Å². The Balaban J connectivity index is 1.55. The van der Waals surface area contributed by atoms with Crippen molar-refractivity contribution >= 4 is 45.3 Å². The first-order valence-corrected chi connectivity index (χ1v) is 12.8. The van der Waals surface area contributed by atoms with Gasteiger partial charge >= 0.3 is 0 Å². The number of ether oxygens (including phenoxy) is 1. The van der Waals surface area contributed by atoms with Gasteiger partial charge in [0.15, 0.2) is 11.5 Å². The molecule has 4 aromatic rings. The molecule has 1 aliphatic heterocycles. The maximum atomic E-state index is 13.0. The van der Waals surface area contributed by atoms with E-state index in [0.29, 0.717) is 48.8 Å². The number of hydrogen-bond donors (Lipinski definition) is 2. The number of morpholine rings is 1. The molecular weight excluding hydrogens is 482 g/mol. The number of fused-ring (bicyclic) bond motifs is 1. The molecule has 0 saturated carbocycles. The number of quaternary nitrogens is 1. The Hall–Kier alpha value is -3.55. The number of aromatic nitrogens is 4. The zero-order chi connectivity index (χ0) is 25.4. The van der Waals surface area contributed by atoms with E-state index in [-0.39, 0.29) is 22.2 Å². The third kappa shape index (κ3) is 4.40. The first-order chi connectivity index (χ1) is 17.3. The molecule has 2 aromatic carbocycles. The Labute approximate surface area is 210 Å². The van der Waals surface area contributed by atoms with E-state index < -0.39 is 21.7 Å². The number of nitrogens with zero attached hydrogens (tertiary/aromatic N) is 5. The number of amides is 1. The van der Waals surface area contributed by atoms with E-state index in [0.717, 1.165) is 5.52 Å². The van der Waals surface area contributed by atoms with Gasteiger partial charge in [-0.3, -0.25) is 4.79 Å². The van der Waals surface area contributed by atoms with Crippen LogP contribution in [-0.2, 0) is 23.0 Å². The molecule has 1 unspecified atom stereocenters. The van der Waals surface area contributed by atoms with Gasteiger partial charge in [0.25, 0.3) is 10.9 Å². The Morgan fingerprint density at radius 2 is 1.89 bits per heavy atom. The van der Waals surface area contributed by atoms with E-state index >= 15 is 0 Å². The number of primary amides is 1. The zero-order valence-electron chi connectivity index (χ0n) is 19.8. The van der Waals surface area contributed by atoms with E-state index in [4.69, 9.17) is 10.5 Å². The summed E-state index contributed by atoms with van der Waals surface area (Å²) in [6.07, 6.45) is 3.16. The molecule has 1 aliphatic rings. The molecule has 0 aliphatic carbocycles. The summed E-state index contributed by atoms with van der Waals surface area (Å²) >= 11 is -1.54. The van der Waals surface area contributed by atoms with Crippen LogP contribution in [0.2, 0.25) is 0 Å². The molecule has 0 radical (unpaired) electrons. The highest BCUT2D eigenvalue weighted by atomic mass is 32.2. The maximum absolute atomic E-state index is 13.0. The van der Waals surface area contributed by atoms with Gasteiger partial charge in [-0.05, 0) is 18.2 Å². The average Bonchev–Trinajstić information content (AvgIpc) is 3.25. The van der Waals surface area contributed by atoms with Gasteiger partial charge in [0, 0.05) is 41.6 Å². The van der Waals surface area contributed by atoms with Crippen molar-refractivity contribution in [3.05, 3.63) is 59.7 Å². The summed E-state index contributed by atoms with van der Waals surface area (Å²) in [7, 11) is 1.87. The molecule has 1 amide bonds. The van der Waals surface area contributed by atoms with Gasteiger partial charge in [-0.15, -0.1) is 0 Å². The minimum absolute atomic E-state index is 0.0785. The van der Waals surface area contributed by atoms with Gasteiger partial charge < -0.3 is 34.8 Å². The second-order valence-corrected chi connectivity index (χ2v) is 9.84. The number of rotatable bonds is 6. The number of carbonyl (C=O) groups is 1. The summed E-state index contributed by atoms with van der Waals surface area (Å²) in [5.41, 5.74) is 9.12. The van der Waals surface area contributed by atoms with Crippen molar-refractivity contribution < 1.29 is 14.1 Å². The van der Waals surface area contributed by atoms with Gasteiger partial charge in [-0.25, -0.2) is 9.97 Å². The number of nitrogens with one attached hydrogen (secondary N) is 1. The minimum Gasteiger partial charge on any atom is -0.627 e. The highest BCUT2D eigenvalue weighted by molar-refractivity contribution is 7.90. The largest absolute Gasteiger partial charge is 0.627 e. The Morgan fingerprint density at radius 1 is 1.17 bits per heavy atom. The van der Waals surface area contributed by atoms with Crippen LogP contribution in [0.5, 0.6) is 0 Å². The van der Waals surface area contributed by atoms with Gasteiger partial charge in [-0.1, -0.05) is 12.1 Å². The summed E-state index contributed by atoms with van der Waals surface area (Å²) < 4.78 is 19.4. The number of carbonyl (C=O) groups excluding carboxylic acids is 1. The van der Waals surface area contributed by atoms with E-state index in [1.807, 2.05) is 23.7 Å². The van der Waals surface area contributed by atoms with Crippen molar-refractivity contribution in [3.8, 4) is 11.3 Å². The standard InChI is InChI=1S/C24H25N7O4S/c1-30-14-26-19-17(4-3-5-18(19)30)20-24(36(2)34)29-23(21(28-20)22(25)32)27-15-6-8-16(9-7-15)31(33)10-12-35-13-11-31/h3-9,14H,10-13H2,1-2H3,(H2,25,32)(H,27,29). The SMILES string of the molecule is Cn1cnc2c(-c3nc(C(N)=O)c(Nc4ccc([N+]5([O-])CCOCC5)cc4)nc3[S+](C)[O-])cccc21. The maximum Gasteiger partial charge on any atom is 0.272 e. The molecule has 3 heterocycles. The fourth-order valence-electron chi connectivity index (χ4n) is 4.25. The van der Waals surface area contributed by atoms with Gasteiger partial charge in [0.1, 0.15) is 30.7 Å². The lowest BCUT2D eigenvalue weighted by Gasteiger charge is -2.44. The van der Waals surface area contributed by atoms with Crippen LogP contribution in [0.15, 0.2) is 53.8 Å². The molecule has 5 rings (SSSR count). The molecule has 2 aromatic heterocycles. The van der Waals surface area contributed by atoms with Crippen molar-refractivity contribution in [2.24, 2.45) is 12.8 Å². The number of anilines is 2. The lowest BCUT2D eigenvalue weighted by Crippen LogP contribution is -2.51. The predicted octanol–water partition coefficient (Wildman–Crippen LogP) is 2.45. The van der Waals surface area contributed by atoms with E-state index in [1.165, 1.54) is 6.26 Å². The average molecular weight is 508 g/mol. The molecule has 3 N–H and O–H groups in total. The first-order valence-electron chi connectivity index (χ1n) is 11.3. The van der Waals surface area contributed by atoms with Crippen molar-refractivity contribution in [2.75, 3.05) is 37.9 Å².